The third kappa shape index (κ3) is 6.82. The average molecular weight is 341 g/mol. The predicted molar refractivity (Wildman–Crippen MR) is 96.4 cm³/mol. The van der Waals surface area contributed by atoms with Crippen molar-refractivity contribution in [3.63, 3.8) is 0 Å². The van der Waals surface area contributed by atoms with Crippen LogP contribution >= 0.6 is 11.8 Å². The van der Waals surface area contributed by atoms with E-state index >= 15 is 0 Å². The predicted octanol–water partition coefficient (Wildman–Crippen LogP) is 7.64. The molecule has 0 amide bonds. The summed E-state index contributed by atoms with van der Waals surface area (Å²) in [6, 6.07) is 7.82. The van der Waals surface area contributed by atoms with Crippen molar-refractivity contribution in [3.05, 3.63) is 29.8 Å². The third-order valence-electron chi connectivity index (χ3n) is 5.14. The summed E-state index contributed by atoms with van der Waals surface area (Å²) in [7, 11) is 0. The first kappa shape index (κ1) is 18.8. The van der Waals surface area contributed by atoms with E-state index in [1.807, 2.05) is 12.1 Å². The van der Waals surface area contributed by atoms with Gasteiger partial charge in [0.1, 0.15) is 0 Å². The summed E-state index contributed by atoms with van der Waals surface area (Å²) in [5.74, 6) is -0.771. The van der Waals surface area contributed by atoms with Crippen molar-refractivity contribution < 1.29 is 8.78 Å². The second kappa shape index (κ2) is 10.3. The average Bonchev–Trinajstić information content (AvgIpc) is 2.55. The van der Waals surface area contributed by atoms with Crippen molar-refractivity contribution in [2.75, 3.05) is 0 Å². The lowest BCUT2D eigenvalue weighted by Gasteiger charge is -2.29. The van der Waals surface area contributed by atoms with Gasteiger partial charge in [-0.05, 0) is 55.2 Å². The van der Waals surface area contributed by atoms with Crippen molar-refractivity contribution in [2.24, 2.45) is 5.92 Å². The molecule has 2 rings (SSSR count). The highest BCUT2D eigenvalue weighted by molar-refractivity contribution is 7.99. The van der Waals surface area contributed by atoms with Gasteiger partial charge in [-0.2, -0.15) is 8.78 Å². The molecule has 0 aliphatic heterocycles. The molecular formula is C20H30F2S. The van der Waals surface area contributed by atoms with Crippen LogP contribution in [0.4, 0.5) is 8.78 Å². The smallest absolute Gasteiger partial charge is 0.198 e. The van der Waals surface area contributed by atoms with Crippen LogP contribution in [-0.2, 0) is 0 Å². The molecule has 23 heavy (non-hydrogen) atoms. The maximum atomic E-state index is 12.4. The Hall–Kier alpha value is -0.570. The van der Waals surface area contributed by atoms with Crippen LogP contribution < -0.4 is 0 Å². The van der Waals surface area contributed by atoms with Gasteiger partial charge in [0.05, 0.1) is 0 Å². The normalized spacial score (nSPS) is 21.7. The van der Waals surface area contributed by atoms with Crippen molar-refractivity contribution in [2.45, 2.75) is 87.7 Å². The first-order chi connectivity index (χ1) is 11.2. The van der Waals surface area contributed by atoms with Crippen molar-refractivity contribution in [3.8, 4) is 0 Å². The highest BCUT2D eigenvalue weighted by atomic mass is 32.2. The lowest BCUT2D eigenvalue weighted by molar-refractivity contribution is 0.252. The van der Waals surface area contributed by atoms with Crippen LogP contribution in [0, 0.1) is 5.92 Å². The molecule has 0 spiro atoms. The van der Waals surface area contributed by atoms with Gasteiger partial charge < -0.3 is 0 Å². The van der Waals surface area contributed by atoms with E-state index in [4.69, 9.17) is 0 Å². The number of thioether (sulfide) groups is 1. The number of benzene rings is 1. The van der Waals surface area contributed by atoms with Crippen LogP contribution in [0.3, 0.4) is 0 Å². The summed E-state index contributed by atoms with van der Waals surface area (Å²) in [5, 5.41) is 0. The fraction of sp³-hybridized carbons (Fsp3) is 0.700. The molecule has 0 radical (unpaired) electrons. The van der Waals surface area contributed by atoms with Gasteiger partial charge in [-0.1, -0.05) is 69.3 Å². The standard InChI is InChI=1S/C20H30F2S/c1-2-3-4-5-6-7-16-8-10-17(11-9-16)18-12-14-19(15-13-18)23-20(21)22/h12-17,20H,2-11H2,1H3/t16-,17-. The number of hydrogen-bond acceptors (Lipinski definition) is 1. The lowest BCUT2D eigenvalue weighted by atomic mass is 9.77. The van der Waals surface area contributed by atoms with Gasteiger partial charge in [-0.15, -0.1) is 0 Å². The molecule has 1 fully saturated rings. The summed E-state index contributed by atoms with van der Waals surface area (Å²) < 4.78 is 24.7. The summed E-state index contributed by atoms with van der Waals surface area (Å²) in [5.41, 5.74) is 1.34. The number of halogens is 2. The van der Waals surface area contributed by atoms with Crippen molar-refractivity contribution in [1.29, 1.82) is 0 Å². The SMILES string of the molecule is CCCCCCC[C@H]1CC[C@H](c2ccc(SC(F)F)cc2)CC1. The molecule has 0 bridgehead atoms. The molecule has 0 heterocycles. The maximum absolute atomic E-state index is 12.4. The topological polar surface area (TPSA) is 0 Å². The molecule has 1 aliphatic rings. The molecule has 3 heteroatoms. The number of alkyl halides is 2. The van der Waals surface area contributed by atoms with E-state index in [2.05, 4.69) is 19.1 Å². The molecule has 0 aromatic heterocycles. The van der Waals surface area contributed by atoms with Gasteiger partial charge in [-0.3, -0.25) is 0 Å². The minimum Gasteiger partial charge on any atom is -0.198 e. The van der Waals surface area contributed by atoms with E-state index in [0.717, 1.165) is 5.92 Å². The molecule has 130 valence electrons. The van der Waals surface area contributed by atoms with E-state index in [-0.39, 0.29) is 0 Å². The molecule has 1 aliphatic carbocycles. The highest BCUT2D eigenvalue weighted by Gasteiger charge is 2.22. The van der Waals surface area contributed by atoms with Crippen LogP contribution in [0.5, 0.6) is 0 Å². The zero-order chi connectivity index (χ0) is 16.5. The monoisotopic (exact) mass is 340 g/mol. The molecule has 1 saturated carbocycles. The van der Waals surface area contributed by atoms with Crippen molar-refractivity contribution in [1.82, 2.24) is 0 Å². The van der Waals surface area contributed by atoms with E-state index < -0.39 is 5.76 Å². The Balaban J connectivity index is 1.69. The number of unbranched alkanes of at least 4 members (excludes halogenated alkanes) is 4. The van der Waals surface area contributed by atoms with E-state index in [1.54, 1.807) is 0 Å². The van der Waals surface area contributed by atoms with Crippen LogP contribution in [0.15, 0.2) is 29.2 Å². The Bertz CT molecular complexity index is 422. The van der Waals surface area contributed by atoms with Gasteiger partial charge in [-0.25, -0.2) is 0 Å². The zero-order valence-corrected chi connectivity index (χ0v) is 15.1. The highest BCUT2D eigenvalue weighted by Crippen LogP contribution is 2.38. The van der Waals surface area contributed by atoms with E-state index in [9.17, 15) is 8.78 Å². The largest absolute Gasteiger partial charge is 0.288 e. The second-order valence-corrected chi connectivity index (χ2v) is 7.93. The van der Waals surface area contributed by atoms with Gasteiger partial charge in [0.25, 0.3) is 5.76 Å². The number of rotatable bonds is 9. The lowest BCUT2D eigenvalue weighted by Crippen LogP contribution is -2.13. The Morgan fingerprint density at radius 1 is 0.957 bits per heavy atom. The minimum absolute atomic E-state index is 0.635. The molecular weight excluding hydrogens is 310 g/mol. The molecule has 1 aromatic rings. The van der Waals surface area contributed by atoms with Crippen LogP contribution in [-0.4, -0.2) is 5.76 Å². The molecule has 1 aromatic carbocycles. The second-order valence-electron chi connectivity index (χ2n) is 6.87. The minimum atomic E-state index is -2.33. The molecule has 0 saturated heterocycles. The maximum Gasteiger partial charge on any atom is 0.288 e. The third-order valence-corrected chi connectivity index (χ3v) is 5.86. The summed E-state index contributed by atoms with van der Waals surface area (Å²) in [4.78, 5) is 0.671. The molecule has 0 nitrogen and oxygen atoms in total. The molecule has 0 N–H and O–H groups in total. The first-order valence-electron chi connectivity index (χ1n) is 9.23. The Morgan fingerprint density at radius 3 is 2.22 bits per heavy atom. The van der Waals surface area contributed by atoms with Gasteiger partial charge in [0, 0.05) is 4.90 Å². The fourth-order valence-corrected chi connectivity index (χ4v) is 4.24. The van der Waals surface area contributed by atoms with E-state index in [1.165, 1.54) is 69.8 Å². The molecule has 0 unspecified atom stereocenters. The summed E-state index contributed by atoms with van der Waals surface area (Å²) in [6.07, 6.45) is 13.5. The van der Waals surface area contributed by atoms with Gasteiger partial charge in [0.15, 0.2) is 0 Å². The summed E-state index contributed by atoms with van der Waals surface area (Å²) in [6.45, 7) is 2.26. The molecule has 0 atom stereocenters. The van der Waals surface area contributed by atoms with Gasteiger partial charge in [0.2, 0.25) is 0 Å². The van der Waals surface area contributed by atoms with Crippen LogP contribution in [0.2, 0.25) is 0 Å². The Morgan fingerprint density at radius 2 is 1.61 bits per heavy atom. The Kier molecular flexibility index (Phi) is 8.43. The Labute approximate surface area is 144 Å². The quantitative estimate of drug-likeness (QED) is 0.329. The van der Waals surface area contributed by atoms with E-state index in [0.29, 0.717) is 22.6 Å². The number of hydrogen-bond donors (Lipinski definition) is 0. The fourth-order valence-electron chi connectivity index (χ4n) is 3.74. The van der Waals surface area contributed by atoms with Crippen molar-refractivity contribution >= 4 is 11.8 Å². The van der Waals surface area contributed by atoms with Crippen LogP contribution in [0.25, 0.3) is 0 Å². The summed E-state index contributed by atoms with van der Waals surface area (Å²) >= 11 is 0.635. The van der Waals surface area contributed by atoms with Gasteiger partial charge >= 0.3 is 0 Å². The first-order valence-corrected chi connectivity index (χ1v) is 10.1. The van der Waals surface area contributed by atoms with Crippen LogP contribution in [0.1, 0.15) is 82.6 Å². The zero-order valence-electron chi connectivity index (χ0n) is 14.3.